The second kappa shape index (κ2) is 6.40. The van der Waals surface area contributed by atoms with Gasteiger partial charge in [-0.25, -0.2) is 0 Å². The Labute approximate surface area is 117 Å². The number of hydrogen-bond acceptors (Lipinski definition) is 6. The molecule has 0 aliphatic heterocycles. The van der Waals surface area contributed by atoms with Crippen LogP contribution >= 0.6 is 0 Å². The van der Waals surface area contributed by atoms with E-state index in [2.05, 4.69) is 10.3 Å². The van der Waals surface area contributed by atoms with Gasteiger partial charge in [0.25, 0.3) is 0 Å². The molecule has 2 rings (SSSR count). The molecule has 1 aromatic carbocycles. The molecule has 0 fully saturated rings. The van der Waals surface area contributed by atoms with E-state index in [9.17, 15) is 5.11 Å². The van der Waals surface area contributed by atoms with Gasteiger partial charge in [-0.1, -0.05) is 0 Å². The molecular weight excluding hydrogens is 260 g/mol. The Kier molecular flexibility index (Phi) is 4.60. The number of rotatable bonds is 6. The van der Waals surface area contributed by atoms with Gasteiger partial charge in [-0.2, -0.15) is 0 Å². The van der Waals surface area contributed by atoms with Crippen molar-refractivity contribution in [2.45, 2.75) is 12.6 Å². The molecule has 1 aromatic heterocycles. The van der Waals surface area contributed by atoms with Crippen LogP contribution in [0.15, 0.2) is 24.4 Å². The number of hydrogen-bond donors (Lipinski definition) is 3. The van der Waals surface area contributed by atoms with Crippen LogP contribution in [-0.2, 0) is 0 Å². The van der Waals surface area contributed by atoms with Crippen LogP contribution in [0.1, 0.15) is 6.42 Å². The number of fused-ring (bicyclic) bond motifs is 1. The van der Waals surface area contributed by atoms with E-state index in [0.717, 1.165) is 16.6 Å². The van der Waals surface area contributed by atoms with Crippen LogP contribution in [0.2, 0.25) is 0 Å². The molecule has 6 nitrogen and oxygen atoms in total. The maximum absolute atomic E-state index is 9.74. The first kappa shape index (κ1) is 14.4. The summed E-state index contributed by atoms with van der Waals surface area (Å²) < 4.78 is 10.5. The lowest BCUT2D eigenvalue weighted by Gasteiger charge is -2.16. The number of pyridine rings is 1. The van der Waals surface area contributed by atoms with Gasteiger partial charge in [0.05, 0.1) is 19.7 Å². The summed E-state index contributed by atoms with van der Waals surface area (Å²) in [5, 5.41) is 22.3. The highest BCUT2D eigenvalue weighted by Crippen LogP contribution is 2.34. The fourth-order valence-electron chi connectivity index (χ4n) is 1.97. The van der Waals surface area contributed by atoms with E-state index >= 15 is 0 Å². The number of aliphatic hydroxyl groups excluding tert-OH is 2. The molecule has 0 amide bonds. The quantitative estimate of drug-likeness (QED) is 0.692. The third-order valence-corrected chi connectivity index (χ3v) is 2.97. The monoisotopic (exact) mass is 278 g/mol. The van der Waals surface area contributed by atoms with E-state index < -0.39 is 6.23 Å². The third kappa shape index (κ3) is 2.92. The van der Waals surface area contributed by atoms with E-state index in [0.29, 0.717) is 11.5 Å². The summed E-state index contributed by atoms with van der Waals surface area (Å²) in [5.74, 6) is 1.19. The van der Waals surface area contributed by atoms with Crippen LogP contribution < -0.4 is 14.8 Å². The number of aliphatic hydroxyl groups is 2. The molecule has 0 saturated carbocycles. The molecule has 2 aromatic rings. The molecule has 0 aliphatic rings. The third-order valence-electron chi connectivity index (χ3n) is 2.97. The molecular formula is C14H18N2O4. The molecule has 3 N–H and O–H groups in total. The largest absolute Gasteiger partial charge is 0.493 e. The molecule has 1 atom stereocenters. The predicted octanol–water partition coefficient (Wildman–Crippen LogP) is 1.36. The Morgan fingerprint density at radius 3 is 2.60 bits per heavy atom. The smallest absolute Gasteiger partial charge is 0.162 e. The molecule has 0 saturated heterocycles. The van der Waals surface area contributed by atoms with Crippen molar-refractivity contribution in [2.24, 2.45) is 0 Å². The fraction of sp³-hybridized carbons (Fsp3) is 0.357. The van der Waals surface area contributed by atoms with Gasteiger partial charge in [0.15, 0.2) is 11.5 Å². The van der Waals surface area contributed by atoms with Crippen molar-refractivity contribution in [1.82, 2.24) is 4.98 Å². The van der Waals surface area contributed by atoms with Crippen LogP contribution in [0.4, 0.5) is 5.69 Å². The van der Waals surface area contributed by atoms with E-state index in [1.54, 1.807) is 38.6 Å². The van der Waals surface area contributed by atoms with Gasteiger partial charge in [0.1, 0.15) is 6.23 Å². The second-order valence-electron chi connectivity index (χ2n) is 4.26. The number of anilines is 1. The minimum atomic E-state index is -0.821. The van der Waals surface area contributed by atoms with Gasteiger partial charge in [-0.15, -0.1) is 0 Å². The van der Waals surface area contributed by atoms with E-state index in [1.165, 1.54) is 0 Å². The van der Waals surface area contributed by atoms with Crippen molar-refractivity contribution in [2.75, 3.05) is 26.1 Å². The van der Waals surface area contributed by atoms with Crippen LogP contribution in [0.5, 0.6) is 11.5 Å². The Balaban J connectivity index is 2.45. The summed E-state index contributed by atoms with van der Waals surface area (Å²) in [5.41, 5.74) is 1.45. The number of aromatic nitrogens is 1. The summed E-state index contributed by atoms with van der Waals surface area (Å²) >= 11 is 0. The molecule has 1 heterocycles. The number of benzene rings is 1. The standard InChI is InChI=1S/C14H18N2O4/c1-19-12-7-9-10(16-14(18)4-6-17)3-5-15-11(9)8-13(12)20-2/h3,5,7-8,14,17-18H,4,6H2,1-2H3,(H,15,16). The van der Waals surface area contributed by atoms with Gasteiger partial charge in [-0.3, -0.25) is 4.98 Å². The average molecular weight is 278 g/mol. The molecule has 0 spiro atoms. The molecule has 0 bridgehead atoms. The van der Waals surface area contributed by atoms with Crippen molar-refractivity contribution in [3.05, 3.63) is 24.4 Å². The maximum atomic E-state index is 9.74. The second-order valence-corrected chi connectivity index (χ2v) is 4.26. The van der Waals surface area contributed by atoms with Crippen LogP contribution in [0.25, 0.3) is 10.9 Å². The first-order valence-corrected chi connectivity index (χ1v) is 6.25. The van der Waals surface area contributed by atoms with Crippen molar-refractivity contribution >= 4 is 16.6 Å². The van der Waals surface area contributed by atoms with Crippen LogP contribution in [0.3, 0.4) is 0 Å². The van der Waals surface area contributed by atoms with Gasteiger partial charge in [0, 0.05) is 36.4 Å². The minimum Gasteiger partial charge on any atom is -0.493 e. The first-order chi connectivity index (χ1) is 9.69. The SMILES string of the molecule is COc1cc2nccc(NC(O)CCO)c2cc1OC. The Hall–Kier alpha value is -2.05. The molecule has 108 valence electrons. The van der Waals surface area contributed by atoms with Crippen molar-refractivity contribution in [3.8, 4) is 11.5 Å². The van der Waals surface area contributed by atoms with Crippen molar-refractivity contribution in [3.63, 3.8) is 0 Å². The Bertz CT molecular complexity index is 589. The molecule has 6 heteroatoms. The van der Waals surface area contributed by atoms with Gasteiger partial charge >= 0.3 is 0 Å². The highest BCUT2D eigenvalue weighted by Gasteiger charge is 2.11. The highest BCUT2D eigenvalue weighted by atomic mass is 16.5. The Morgan fingerprint density at radius 2 is 1.95 bits per heavy atom. The summed E-state index contributed by atoms with van der Waals surface area (Å²) in [6, 6.07) is 5.34. The number of ether oxygens (including phenoxy) is 2. The number of nitrogens with one attached hydrogen (secondary N) is 1. The number of nitrogens with zero attached hydrogens (tertiary/aromatic N) is 1. The van der Waals surface area contributed by atoms with Gasteiger partial charge in [0.2, 0.25) is 0 Å². The van der Waals surface area contributed by atoms with E-state index in [1.807, 2.05) is 0 Å². The lowest BCUT2D eigenvalue weighted by Crippen LogP contribution is -2.20. The summed E-state index contributed by atoms with van der Waals surface area (Å²) in [4.78, 5) is 4.27. The lowest BCUT2D eigenvalue weighted by atomic mass is 10.1. The summed E-state index contributed by atoms with van der Waals surface area (Å²) in [6.07, 6.45) is 1.07. The summed E-state index contributed by atoms with van der Waals surface area (Å²) in [7, 11) is 3.13. The minimum absolute atomic E-state index is 0.0890. The highest BCUT2D eigenvalue weighted by molar-refractivity contribution is 5.93. The van der Waals surface area contributed by atoms with E-state index in [4.69, 9.17) is 14.6 Å². The topological polar surface area (TPSA) is 83.8 Å². The van der Waals surface area contributed by atoms with Crippen molar-refractivity contribution < 1.29 is 19.7 Å². The molecule has 0 aliphatic carbocycles. The molecule has 1 unspecified atom stereocenters. The Morgan fingerprint density at radius 1 is 1.25 bits per heavy atom. The lowest BCUT2D eigenvalue weighted by molar-refractivity contribution is 0.155. The average Bonchev–Trinajstić information content (AvgIpc) is 2.46. The van der Waals surface area contributed by atoms with E-state index in [-0.39, 0.29) is 13.0 Å². The van der Waals surface area contributed by atoms with Gasteiger partial charge in [-0.05, 0) is 12.1 Å². The summed E-state index contributed by atoms with van der Waals surface area (Å²) in [6.45, 7) is -0.0890. The zero-order chi connectivity index (χ0) is 14.5. The predicted molar refractivity (Wildman–Crippen MR) is 76.2 cm³/mol. The fourth-order valence-corrected chi connectivity index (χ4v) is 1.97. The van der Waals surface area contributed by atoms with Crippen LogP contribution in [-0.4, -0.2) is 42.3 Å². The zero-order valence-electron chi connectivity index (χ0n) is 11.5. The van der Waals surface area contributed by atoms with Gasteiger partial charge < -0.3 is 25.0 Å². The molecule has 0 radical (unpaired) electrons. The number of methoxy groups -OCH3 is 2. The molecule has 20 heavy (non-hydrogen) atoms. The first-order valence-electron chi connectivity index (χ1n) is 6.25. The maximum Gasteiger partial charge on any atom is 0.162 e. The van der Waals surface area contributed by atoms with Crippen molar-refractivity contribution in [1.29, 1.82) is 0 Å². The zero-order valence-corrected chi connectivity index (χ0v) is 11.5. The van der Waals surface area contributed by atoms with Crippen LogP contribution in [0, 0.1) is 0 Å². The normalized spacial score (nSPS) is 12.2.